The number of rotatable bonds is 7. The van der Waals surface area contributed by atoms with Crippen molar-refractivity contribution in [3.05, 3.63) is 52.4 Å². The van der Waals surface area contributed by atoms with E-state index in [0.717, 1.165) is 30.1 Å². The number of nitrogens with one attached hydrogen (secondary N) is 1. The van der Waals surface area contributed by atoms with Crippen molar-refractivity contribution < 1.29 is 4.42 Å². The second-order valence-corrected chi connectivity index (χ2v) is 5.91. The van der Waals surface area contributed by atoms with Gasteiger partial charge < -0.3 is 9.73 Å². The molecule has 0 radical (unpaired) electrons. The number of furan rings is 1. The molecule has 21 heavy (non-hydrogen) atoms. The molecular formula is C17H23BrN2O. The van der Waals surface area contributed by atoms with E-state index in [0.29, 0.717) is 0 Å². The Morgan fingerprint density at radius 1 is 1.14 bits per heavy atom. The number of hydrogen-bond donors (Lipinski definition) is 1. The summed E-state index contributed by atoms with van der Waals surface area (Å²) in [7, 11) is 0. The van der Waals surface area contributed by atoms with Gasteiger partial charge in [-0.05, 0) is 59.7 Å². The van der Waals surface area contributed by atoms with Crippen molar-refractivity contribution in [2.45, 2.75) is 33.4 Å². The molecule has 0 saturated carbocycles. The second-order valence-electron chi connectivity index (χ2n) is 5.13. The van der Waals surface area contributed by atoms with Crippen molar-refractivity contribution in [1.29, 1.82) is 0 Å². The van der Waals surface area contributed by atoms with Crippen LogP contribution in [0.25, 0.3) is 0 Å². The Morgan fingerprint density at radius 3 is 2.48 bits per heavy atom. The van der Waals surface area contributed by atoms with Crippen LogP contribution in [-0.4, -0.2) is 18.0 Å². The molecule has 1 N–H and O–H groups in total. The van der Waals surface area contributed by atoms with E-state index in [1.165, 1.54) is 11.3 Å². The lowest BCUT2D eigenvalue weighted by atomic mass is 10.1. The van der Waals surface area contributed by atoms with E-state index in [1.807, 2.05) is 12.1 Å². The lowest BCUT2D eigenvalue weighted by Crippen LogP contribution is -2.23. The van der Waals surface area contributed by atoms with Gasteiger partial charge in [-0.25, -0.2) is 0 Å². The number of benzene rings is 1. The van der Waals surface area contributed by atoms with Crippen molar-refractivity contribution in [3.63, 3.8) is 0 Å². The average Bonchev–Trinajstić information content (AvgIpc) is 2.93. The van der Waals surface area contributed by atoms with E-state index < -0.39 is 0 Å². The highest BCUT2D eigenvalue weighted by molar-refractivity contribution is 9.10. The van der Waals surface area contributed by atoms with Crippen LogP contribution in [0.1, 0.15) is 38.1 Å². The van der Waals surface area contributed by atoms with Crippen LogP contribution in [0.5, 0.6) is 0 Å². The Kier molecular flexibility index (Phi) is 5.88. The highest BCUT2D eigenvalue weighted by Crippen LogP contribution is 2.26. The Bertz CT molecular complexity index is 563. The molecule has 114 valence electrons. The molecule has 0 fully saturated rings. The molecule has 0 bridgehead atoms. The summed E-state index contributed by atoms with van der Waals surface area (Å²) in [4.78, 5) is 2.41. The molecule has 1 aromatic carbocycles. The lowest BCUT2D eigenvalue weighted by molar-refractivity contribution is 0.296. The molecule has 0 amide bonds. The monoisotopic (exact) mass is 350 g/mol. The summed E-state index contributed by atoms with van der Waals surface area (Å²) in [5, 5.41) is 3.55. The molecular weight excluding hydrogens is 328 g/mol. The van der Waals surface area contributed by atoms with Gasteiger partial charge in [-0.15, -0.1) is 0 Å². The number of para-hydroxylation sites is 1. The molecule has 1 unspecified atom stereocenters. The van der Waals surface area contributed by atoms with Crippen LogP contribution in [0.3, 0.4) is 0 Å². The van der Waals surface area contributed by atoms with E-state index in [9.17, 15) is 0 Å². The SMILES string of the molecule is CCN(CC)Cc1ccccc1NC(C)c1ccc(Br)o1. The Labute approximate surface area is 135 Å². The van der Waals surface area contributed by atoms with Crippen molar-refractivity contribution in [2.24, 2.45) is 0 Å². The predicted molar refractivity (Wildman–Crippen MR) is 91.5 cm³/mol. The first-order chi connectivity index (χ1) is 10.1. The Balaban J connectivity index is 2.12. The van der Waals surface area contributed by atoms with Crippen LogP contribution in [0.15, 0.2) is 45.5 Å². The first kappa shape index (κ1) is 16.1. The molecule has 0 aliphatic heterocycles. The summed E-state index contributed by atoms with van der Waals surface area (Å²) in [5.74, 6) is 0.930. The van der Waals surface area contributed by atoms with Gasteiger partial charge in [-0.2, -0.15) is 0 Å². The molecule has 4 heteroatoms. The summed E-state index contributed by atoms with van der Waals surface area (Å²) in [6.07, 6.45) is 0. The highest BCUT2D eigenvalue weighted by Gasteiger charge is 2.12. The molecule has 0 saturated heterocycles. The molecule has 1 heterocycles. The zero-order chi connectivity index (χ0) is 15.2. The van der Waals surface area contributed by atoms with Crippen molar-refractivity contribution in [2.75, 3.05) is 18.4 Å². The van der Waals surface area contributed by atoms with E-state index in [1.54, 1.807) is 0 Å². The lowest BCUT2D eigenvalue weighted by Gasteiger charge is -2.22. The summed E-state index contributed by atoms with van der Waals surface area (Å²) in [6, 6.07) is 12.5. The maximum absolute atomic E-state index is 5.62. The average molecular weight is 351 g/mol. The minimum absolute atomic E-state index is 0.133. The first-order valence-electron chi connectivity index (χ1n) is 7.46. The maximum Gasteiger partial charge on any atom is 0.169 e. The van der Waals surface area contributed by atoms with Crippen LogP contribution in [-0.2, 0) is 6.54 Å². The Morgan fingerprint density at radius 2 is 1.86 bits per heavy atom. The third-order valence-corrected chi connectivity index (χ3v) is 4.12. The van der Waals surface area contributed by atoms with Gasteiger partial charge in [-0.1, -0.05) is 32.0 Å². The standard InChI is InChI=1S/C17H23BrN2O/c1-4-20(5-2)12-14-8-6-7-9-15(14)19-13(3)16-10-11-17(18)21-16/h6-11,13,19H,4-5,12H2,1-3H3. The van der Waals surface area contributed by atoms with Gasteiger partial charge in [0.05, 0.1) is 6.04 Å². The predicted octanol–water partition coefficient (Wildman–Crippen LogP) is 5.06. The van der Waals surface area contributed by atoms with E-state index in [2.05, 4.69) is 71.2 Å². The topological polar surface area (TPSA) is 28.4 Å². The fourth-order valence-corrected chi connectivity index (χ4v) is 2.67. The van der Waals surface area contributed by atoms with Gasteiger partial charge in [0.1, 0.15) is 5.76 Å². The van der Waals surface area contributed by atoms with Crippen LogP contribution < -0.4 is 5.32 Å². The third kappa shape index (κ3) is 4.35. The van der Waals surface area contributed by atoms with Gasteiger partial charge in [-0.3, -0.25) is 4.90 Å². The molecule has 1 aromatic heterocycles. The Hall–Kier alpha value is -1.26. The van der Waals surface area contributed by atoms with Gasteiger partial charge in [0.15, 0.2) is 4.67 Å². The van der Waals surface area contributed by atoms with E-state index in [4.69, 9.17) is 4.42 Å². The molecule has 2 rings (SSSR count). The zero-order valence-corrected chi connectivity index (χ0v) is 14.5. The van der Waals surface area contributed by atoms with Gasteiger partial charge in [0, 0.05) is 12.2 Å². The van der Waals surface area contributed by atoms with Crippen LogP contribution in [0, 0.1) is 0 Å². The molecule has 3 nitrogen and oxygen atoms in total. The smallest absolute Gasteiger partial charge is 0.169 e. The highest BCUT2D eigenvalue weighted by atomic mass is 79.9. The minimum atomic E-state index is 0.133. The number of anilines is 1. The second kappa shape index (κ2) is 7.66. The molecule has 0 aliphatic carbocycles. The third-order valence-electron chi connectivity index (χ3n) is 3.70. The minimum Gasteiger partial charge on any atom is -0.452 e. The fraction of sp³-hybridized carbons (Fsp3) is 0.412. The molecule has 0 aliphatic rings. The largest absolute Gasteiger partial charge is 0.452 e. The molecule has 1 atom stereocenters. The summed E-state index contributed by atoms with van der Waals surface area (Å²) < 4.78 is 6.39. The summed E-state index contributed by atoms with van der Waals surface area (Å²) in [6.45, 7) is 9.59. The first-order valence-corrected chi connectivity index (χ1v) is 8.25. The van der Waals surface area contributed by atoms with Gasteiger partial charge in [0.2, 0.25) is 0 Å². The van der Waals surface area contributed by atoms with Crippen LogP contribution in [0.4, 0.5) is 5.69 Å². The number of hydrogen-bond acceptors (Lipinski definition) is 3. The summed E-state index contributed by atoms with van der Waals surface area (Å²) in [5.41, 5.74) is 2.49. The molecule has 2 aromatic rings. The normalized spacial score (nSPS) is 12.6. The van der Waals surface area contributed by atoms with Gasteiger partial charge >= 0.3 is 0 Å². The van der Waals surface area contributed by atoms with Crippen LogP contribution in [0.2, 0.25) is 0 Å². The zero-order valence-electron chi connectivity index (χ0n) is 12.9. The quantitative estimate of drug-likeness (QED) is 0.756. The number of halogens is 1. The maximum atomic E-state index is 5.62. The molecule has 0 spiro atoms. The van der Waals surface area contributed by atoms with Crippen molar-refractivity contribution in [1.82, 2.24) is 4.90 Å². The fourth-order valence-electron chi connectivity index (χ4n) is 2.35. The summed E-state index contributed by atoms with van der Waals surface area (Å²) >= 11 is 3.35. The van der Waals surface area contributed by atoms with Crippen molar-refractivity contribution in [3.8, 4) is 0 Å². The number of nitrogens with zero attached hydrogens (tertiary/aromatic N) is 1. The van der Waals surface area contributed by atoms with E-state index >= 15 is 0 Å². The van der Waals surface area contributed by atoms with Crippen LogP contribution >= 0.6 is 15.9 Å². The van der Waals surface area contributed by atoms with Gasteiger partial charge in [0.25, 0.3) is 0 Å². The van der Waals surface area contributed by atoms with E-state index in [-0.39, 0.29) is 6.04 Å². The van der Waals surface area contributed by atoms with Crippen molar-refractivity contribution >= 4 is 21.6 Å².